The van der Waals surface area contributed by atoms with E-state index >= 15 is 4.39 Å². The minimum Gasteiger partial charge on any atom is -0.496 e. The van der Waals surface area contributed by atoms with Gasteiger partial charge < -0.3 is 33.9 Å². The van der Waals surface area contributed by atoms with Crippen LogP contribution in [-0.4, -0.2) is 74.0 Å². The van der Waals surface area contributed by atoms with Gasteiger partial charge in [0.15, 0.2) is 0 Å². The maximum Gasteiger partial charge on any atom is 0.341 e. The topological polar surface area (TPSA) is 110 Å². The summed E-state index contributed by atoms with van der Waals surface area (Å²) in [5.41, 5.74) is 0.751. The molecule has 0 saturated carbocycles. The Kier molecular flexibility index (Phi) is 8.88. The Morgan fingerprint density at radius 1 is 1.21 bits per heavy atom. The summed E-state index contributed by atoms with van der Waals surface area (Å²) in [5, 5.41) is 19.8. The summed E-state index contributed by atoms with van der Waals surface area (Å²) >= 11 is 6.25. The molecule has 2 N–H and O–H groups in total. The fourth-order valence-corrected chi connectivity index (χ4v) is 4.88. The fraction of sp³-hybridized carbons (Fsp3) is 0.407. The van der Waals surface area contributed by atoms with Crippen molar-refractivity contribution in [3.8, 4) is 5.75 Å². The minimum absolute atomic E-state index is 0.0269. The van der Waals surface area contributed by atoms with E-state index < -0.39 is 28.8 Å². The summed E-state index contributed by atoms with van der Waals surface area (Å²) in [4.78, 5) is 27.1. The standard InChI is InChI=1S/C27H30ClFN2O7/c1-3-37-15-19(14-32)31-13-21(27(34)35)26(33)20-10-16(24(36-2)12-23(20)31)8-17-9-18(11-22(28)25(17)29)30-4-6-38-7-5-30/h9-13,19,32H,3-8,14-15H2,1-2H3,(H,34,35)/t19-/m1/s1. The van der Waals surface area contributed by atoms with E-state index in [0.29, 0.717) is 55.3 Å². The number of benzene rings is 2. The van der Waals surface area contributed by atoms with Crippen molar-refractivity contribution in [3.05, 3.63) is 68.2 Å². The van der Waals surface area contributed by atoms with Gasteiger partial charge in [0.2, 0.25) is 5.43 Å². The van der Waals surface area contributed by atoms with Gasteiger partial charge in [-0.1, -0.05) is 11.6 Å². The maximum absolute atomic E-state index is 15.2. The Bertz CT molecular complexity index is 1390. The van der Waals surface area contributed by atoms with Crippen molar-refractivity contribution >= 4 is 34.2 Å². The number of anilines is 1. The number of ether oxygens (including phenoxy) is 3. The molecule has 1 aromatic heterocycles. The van der Waals surface area contributed by atoms with Crippen LogP contribution in [0, 0.1) is 5.82 Å². The lowest BCUT2D eigenvalue weighted by atomic mass is 9.99. The summed E-state index contributed by atoms with van der Waals surface area (Å²) in [7, 11) is 1.45. The van der Waals surface area contributed by atoms with Gasteiger partial charge in [0.1, 0.15) is 17.1 Å². The first-order valence-corrected chi connectivity index (χ1v) is 12.6. The van der Waals surface area contributed by atoms with E-state index in [2.05, 4.69) is 4.90 Å². The molecule has 1 aliphatic rings. The molecule has 0 unspecified atom stereocenters. The van der Waals surface area contributed by atoms with Crippen LogP contribution in [0.1, 0.15) is 34.5 Å². The van der Waals surface area contributed by atoms with E-state index in [9.17, 15) is 19.8 Å². The van der Waals surface area contributed by atoms with Crippen molar-refractivity contribution in [1.29, 1.82) is 0 Å². The van der Waals surface area contributed by atoms with Gasteiger partial charge in [-0.2, -0.15) is 0 Å². The van der Waals surface area contributed by atoms with Gasteiger partial charge in [-0.3, -0.25) is 4.79 Å². The molecule has 1 fully saturated rings. The van der Waals surface area contributed by atoms with Crippen molar-refractivity contribution in [1.82, 2.24) is 4.57 Å². The molecule has 2 aromatic carbocycles. The number of fused-ring (bicyclic) bond motifs is 1. The van der Waals surface area contributed by atoms with E-state index in [4.69, 9.17) is 25.8 Å². The van der Waals surface area contributed by atoms with Crippen LogP contribution in [0.2, 0.25) is 5.02 Å². The van der Waals surface area contributed by atoms with Crippen molar-refractivity contribution in [2.45, 2.75) is 19.4 Å². The lowest BCUT2D eigenvalue weighted by molar-refractivity contribution is 0.0689. The number of carboxylic acid groups (broad SMARTS) is 1. The normalized spacial score (nSPS) is 14.6. The van der Waals surface area contributed by atoms with E-state index in [0.717, 1.165) is 5.69 Å². The first-order chi connectivity index (χ1) is 18.3. The van der Waals surface area contributed by atoms with Crippen LogP contribution in [0.3, 0.4) is 0 Å². The molecule has 11 heteroatoms. The first kappa shape index (κ1) is 27.8. The van der Waals surface area contributed by atoms with Crippen LogP contribution in [0.5, 0.6) is 5.75 Å². The van der Waals surface area contributed by atoms with Crippen molar-refractivity contribution < 1.29 is 33.6 Å². The lowest BCUT2D eigenvalue weighted by Crippen LogP contribution is -2.36. The quantitative estimate of drug-likeness (QED) is 0.396. The van der Waals surface area contributed by atoms with E-state index in [1.54, 1.807) is 25.1 Å². The average Bonchev–Trinajstić information content (AvgIpc) is 2.92. The average molecular weight is 549 g/mol. The van der Waals surface area contributed by atoms with Gasteiger partial charge in [0.25, 0.3) is 0 Å². The predicted molar refractivity (Wildman–Crippen MR) is 142 cm³/mol. The molecule has 3 aromatic rings. The highest BCUT2D eigenvalue weighted by Gasteiger charge is 2.23. The summed E-state index contributed by atoms with van der Waals surface area (Å²) in [6.07, 6.45) is 1.25. The van der Waals surface area contributed by atoms with Crippen molar-refractivity contribution in [3.63, 3.8) is 0 Å². The number of aromatic nitrogens is 1. The number of methoxy groups -OCH3 is 1. The third-order valence-corrected chi connectivity index (χ3v) is 6.90. The van der Waals surface area contributed by atoms with Gasteiger partial charge in [-0.05, 0) is 36.2 Å². The molecule has 1 aliphatic heterocycles. The molecule has 0 bridgehead atoms. The van der Waals surface area contributed by atoms with Gasteiger partial charge in [0, 0.05) is 49.5 Å². The Morgan fingerprint density at radius 3 is 2.58 bits per heavy atom. The lowest BCUT2D eigenvalue weighted by Gasteiger charge is -2.29. The molecular weight excluding hydrogens is 519 g/mol. The largest absolute Gasteiger partial charge is 0.496 e. The van der Waals surface area contributed by atoms with Crippen LogP contribution in [0.15, 0.2) is 35.3 Å². The zero-order valence-corrected chi connectivity index (χ0v) is 22.0. The maximum atomic E-state index is 15.2. The van der Waals surface area contributed by atoms with Crippen molar-refractivity contribution in [2.24, 2.45) is 0 Å². The molecule has 0 radical (unpaired) electrons. The molecule has 0 amide bonds. The third-order valence-electron chi connectivity index (χ3n) is 6.63. The van der Waals surface area contributed by atoms with E-state index in [1.807, 2.05) is 0 Å². The highest BCUT2D eigenvalue weighted by atomic mass is 35.5. The van der Waals surface area contributed by atoms with Gasteiger partial charge in [-0.25, -0.2) is 9.18 Å². The molecule has 0 spiro atoms. The Hall–Kier alpha value is -3.18. The predicted octanol–water partition coefficient (Wildman–Crippen LogP) is 3.50. The summed E-state index contributed by atoms with van der Waals surface area (Å²) in [5.74, 6) is -1.61. The Labute approximate surface area is 223 Å². The zero-order valence-electron chi connectivity index (χ0n) is 21.2. The van der Waals surface area contributed by atoms with E-state index in [-0.39, 0.29) is 30.0 Å². The SMILES string of the molecule is CCOC[C@@H](CO)n1cc(C(=O)O)c(=O)c2cc(Cc3cc(N4CCOCC4)cc(Cl)c3F)c(OC)cc21. The Balaban J connectivity index is 1.86. The number of carboxylic acids is 1. The monoisotopic (exact) mass is 548 g/mol. The second-order valence-electron chi connectivity index (χ2n) is 8.94. The molecule has 2 heterocycles. The highest BCUT2D eigenvalue weighted by molar-refractivity contribution is 6.31. The molecule has 1 saturated heterocycles. The van der Waals surface area contributed by atoms with Gasteiger partial charge >= 0.3 is 5.97 Å². The number of aliphatic hydroxyl groups is 1. The number of halogens is 2. The minimum atomic E-state index is -1.40. The summed E-state index contributed by atoms with van der Waals surface area (Å²) in [6, 6.07) is 5.76. The van der Waals surface area contributed by atoms with Crippen LogP contribution in [0.25, 0.3) is 10.9 Å². The molecule has 4 rings (SSSR count). The number of aliphatic hydroxyl groups excluding tert-OH is 1. The third kappa shape index (κ3) is 5.63. The van der Waals surface area contributed by atoms with Crippen LogP contribution >= 0.6 is 11.6 Å². The number of carbonyl (C=O) groups is 1. The number of rotatable bonds is 10. The van der Waals surface area contributed by atoms with Crippen LogP contribution in [0.4, 0.5) is 10.1 Å². The van der Waals surface area contributed by atoms with Gasteiger partial charge in [-0.15, -0.1) is 0 Å². The number of aromatic carboxylic acids is 1. The van der Waals surface area contributed by atoms with Crippen LogP contribution in [-0.2, 0) is 15.9 Å². The zero-order chi connectivity index (χ0) is 27.4. The molecule has 0 aliphatic carbocycles. The number of hydrogen-bond acceptors (Lipinski definition) is 7. The van der Waals surface area contributed by atoms with Crippen molar-refractivity contribution in [2.75, 3.05) is 58.1 Å². The number of hydrogen-bond donors (Lipinski definition) is 2. The molecule has 1 atom stereocenters. The number of morpholine rings is 1. The summed E-state index contributed by atoms with van der Waals surface area (Å²) < 4.78 is 33.1. The van der Waals surface area contributed by atoms with Gasteiger partial charge in [0.05, 0.1) is 50.1 Å². The number of nitrogens with zero attached hydrogens (tertiary/aromatic N) is 2. The smallest absolute Gasteiger partial charge is 0.341 e. The van der Waals surface area contributed by atoms with E-state index in [1.165, 1.54) is 23.9 Å². The molecule has 9 nitrogen and oxygen atoms in total. The van der Waals surface area contributed by atoms with Crippen LogP contribution < -0.4 is 15.1 Å². The molecular formula is C27H30ClFN2O7. The number of pyridine rings is 1. The Morgan fingerprint density at radius 2 is 1.95 bits per heavy atom. The summed E-state index contributed by atoms with van der Waals surface area (Å²) in [6.45, 7) is 4.35. The second kappa shape index (κ2) is 12.1. The second-order valence-corrected chi connectivity index (χ2v) is 9.35. The first-order valence-electron chi connectivity index (χ1n) is 12.3. The molecule has 204 valence electrons. The highest BCUT2D eigenvalue weighted by Crippen LogP contribution is 2.33. The molecule has 38 heavy (non-hydrogen) atoms. The fourth-order valence-electron chi connectivity index (χ4n) is 4.65.